The molecule has 21 heavy (non-hydrogen) atoms. The van der Waals surface area contributed by atoms with E-state index in [-0.39, 0.29) is 12.3 Å². The lowest BCUT2D eigenvalue weighted by Gasteiger charge is -2.14. The molecule has 0 saturated heterocycles. The monoisotopic (exact) mass is 308 g/mol. The molecular formula is C13H13ClN4O3. The number of para-hydroxylation sites is 1. The Kier molecular flexibility index (Phi) is 4.54. The number of carbonyl (C=O) groups excluding carboxylic acids is 1. The Labute approximate surface area is 125 Å². The lowest BCUT2D eigenvalue weighted by Crippen LogP contribution is -2.26. The second kappa shape index (κ2) is 6.36. The lowest BCUT2D eigenvalue weighted by molar-refractivity contribution is -0.136. The average molecular weight is 309 g/mol. The van der Waals surface area contributed by atoms with Crippen LogP contribution in [0.4, 0.5) is 5.69 Å². The number of nitrogens with one attached hydrogen (secondary N) is 1. The number of carbonyl (C=O) groups is 2. The first-order valence-electron chi connectivity index (χ1n) is 6.15. The molecule has 0 radical (unpaired) electrons. The van der Waals surface area contributed by atoms with Crippen LogP contribution in [0.1, 0.15) is 18.7 Å². The van der Waals surface area contributed by atoms with Crippen LogP contribution in [-0.4, -0.2) is 32.0 Å². The predicted octanol–water partition coefficient (Wildman–Crippen LogP) is 1.76. The summed E-state index contributed by atoms with van der Waals surface area (Å²) in [7, 11) is 0. The van der Waals surface area contributed by atoms with Crippen molar-refractivity contribution in [1.82, 2.24) is 15.0 Å². The standard InChI is InChI=1S/C13H13ClN4O3/c1-8(18-9(6-12(19)20)7-15-17-18)13(21)16-11-5-3-2-4-10(11)14/h2-5,7-8H,6H2,1H3,(H,16,21)(H,19,20). The molecule has 2 aromatic rings. The molecule has 0 fully saturated rings. The van der Waals surface area contributed by atoms with E-state index in [1.54, 1.807) is 31.2 Å². The van der Waals surface area contributed by atoms with E-state index in [2.05, 4.69) is 15.6 Å². The van der Waals surface area contributed by atoms with Gasteiger partial charge in [-0.2, -0.15) is 0 Å². The van der Waals surface area contributed by atoms with Crippen LogP contribution in [0.2, 0.25) is 5.02 Å². The fourth-order valence-corrected chi connectivity index (χ4v) is 1.97. The molecular weight excluding hydrogens is 296 g/mol. The number of aliphatic carboxylic acids is 1. The predicted molar refractivity (Wildman–Crippen MR) is 76.2 cm³/mol. The van der Waals surface area contributed by atoms with Gasteiger partial charge in [0, 0.05) is 0 Å². The summed E-state index contributed by atoms with van der Waals surface area (Å²) in [4.78, 5) is 23.0. The normalized spacial score (nSPS) is 11.9. The largest absolute Gasteiger partial charge is 0.481 e. The number of nitrogens with zero attached hydrogens (tertiary/aromatic N) is 3. The maximum absolute atomic E-state index is 12.2. The smallest absolute Gasteiger partial charge is 0.309 e. The minimum atomic E-state index is -1.02. The second-order valence-electron chi connectivity index (χ2n) is 4.39. The minimum absolute atomic E-state index is 0.253. The van der Waals surface area contributed by atoms with Crippen LogP contribution in [0.25, 0.3) is 0 Å². The average Bonchev–Trinajstić information content (AvgIpc) is 2.87. The molecule has 2 N–H and O–H groups in total. The Morgan fingerprint density at radius 3 is 2.81 bits per heavy atom. The number of benzene rings is 1. The molecule has 110 valence electrons. The highest BCUT2D eigenvalue weighted by atomic mass is 35.5. The van der Waals surface area contributed by atoms with E-state index in [0.717, 1.165) is 0 Å². The van der Waals surface area contributed by atoms with E-state index in [0.29, 0.717) is 16.4 Å². The number of hydrogen-bond acceptors (Lipinski definition) is 4. The third kappa shape index (κ3) is 3.57. The SMILES string of the molecule is CC(C(=O)Nc1ccccc1Cl)n1nncc1CC(=O)O. The molecule has 0 saturated carbocycles. The summed E-state index contributed by atoms with van der Waals surface area (Å²) >= 11 is 5.97. The van der Waals surface area contributed by atoms with E-state index in [9.17, 15) is 9.59 Å². The van der Waals surface area contributed by atoms with Gasteiger partial charge in [0.1, 0.15) is 6.04 Å². The third-order valence-electron chi connectivity index (χ3n) is 2.86. The van der Waals surface area contributed by atoms with Crippen molar-refractivity contribution in [3.8, 4) is 0 Å². The molecule has 1 heterocycles. The van der Waals surface area contributed by atoms with E-state index >= 15 is 0 Å². The van der Waals surface area contributed by atoms with E-state index < -0.39 is 12.0 Å². The molecule has 0 aliphatic carbocycles. The number of rotatable bonds is 5. The Hall–Kier alpha value is -2.41. The molecule has 2 rings (SSSR count). The Morgan fingerprint density at radius 1 is 1.43 bits per heavy atom. The van der Waals surface area contributed by atoms with Crippen molar-refractivity contribution in [3.63, 3.8) is 0 Å². The van der Waals surface area contributed by atoms with E-state index in [4.69, 9.17) is 16.7 Å². The fourth-order valence-electron chi connectivity index (χ4n) is 1.78. The summed E-state index contributed by atoms with van der Waals surface area (Å²) in [6.45, 7) is 1.60. The zero-order valence-electron chi connectivity index (χ0n) is 11.2. The van der Waals surface area contributed by atoms with E-state index in [1.165, 1.54) is 10.9 Å². The summed E-state index contributed by atoms with van der Waals surface area (Å²) in [5, 5.41) is 19.3. The molecule has 0 aliphatic heterocycles. The van der Waals surface area contributed by atoms with Crippen LogP contribution < -0.4 is 5.32 Å². The van der Waals surface area contributed by atoms with Gasteiger partial charge in [-0.15, -0.1) is 5.10 Å². The topological polar surface area (TPSA) is 97.1 Å². The van der Waals surface area contributed by atoms with E-state index in [1.807, 2.05) is 0 Å². The Balaban J connectivity index is 2.15. The summed E-state index contributed by atoms with van der Waals surface area (Å²) in [5.41, 5.74) is 0.834. The van der Waals surface area contributed by atoms with Crippen molar-refractivity contribution in [2.75, 3.05) is 5.32 Å². The van der Waals surface area contributed by atoms with Gasteiger partial charge in [-0.25, -0.2) is 4.68 Å². The zero-order chi connectivity index (χ0) is 15.4. The van der Waals surface area contributed by atoms with Crippen LogP contribution >= 0.6 is 11.6 Å². The van der Waals surface area contributed by atoms with Crippen molar-refractivity contribution >= 4 is 29.2 Å². The molecule has 1 amide bonds. The van der Waals surface area contributed by atoms with Gasteiger partial charge in [0.25, 0.3) is 0 Å². The van der Waals surface area contributed by atoms with Gasteiger partial charge in [0.2, 0.25) is 5.91 Å². The highest BCUT2D eigenvalue weighted by Gasteiger charge is 2.20. The minimum Gasteiger partial charge on any atom is -0.481 e. The van der Waals surface area contributed by atoms with Gasteiger partial charge < -0.3 is 10.4 Å². The van der Waals surface area contributed by atoms with Gasteiger partial charge in [-0.1, -0.05) is 28.9 Å². The molecule has 1 unspecified atom stereocenters. The van der Waals surface area contributed by atoms with Gasteiger partial charge >= 0.3 is 5.97 Å². The summed E-state index contributed by atoms with van der Waals surface area (Å²) in [5.74, 6) is -1.38. The van der Waals surface area contributed by atoms with Gasteiger partial charge in [0.15, 0.2) is 0 Å². The van der Waals surface area contributed by atoms with Crippen LogP contribution in [-0.2, 0) is 16.0 Å². The van der Waals surface area contributed by atoms with Crippen molar-refractivity contribution in [2.45, 2.75) is 19.4 Å². The lowest BCUT2D eigenvalue weighted by atomic mass is 10.2. The maximum Gasteiger partial charge on any atom is 0.309 e. The van der Waals surface area contributed by atoms with Crippen LogP contribution in [0.15, 0.2) is 30.5 Å². The number of anilines is 1. The van der Waals surface area contributed by atoms with Gasteiger partial charge in [0.05, 0.1) is 29.0 Å². The molecule has 1 atom stereocenters. The van der Waals surface area contributed by atoms with Crippen LogP contribution in [0.5, 0.6) is 0 Å². The molecule has 0 bridgehead atoms. The molecule has 1 aromatic heterocycles. The zero-order valence-corrected chi connectivity index (χ0v) is 11.9. The first-order valence-corrected chi connectivity index (χ1v) is 6.53. The maximum atomic E-state index is 12.2. The first kappa shape index (κ1) is 15.0. The van der Waals surface area contributed by atoms with Crippen LogP contribution in [0.3, 0.4) is 0 Å². The number of hydrogen-bond donors (Lipinski definition) is 2. The highest BCUT2D eigenvalue weighted by molar-refractivity contribution is 6.33. The quantitative estimate of drug-likeness (QED) is 0.877. The molecule has 0 spiro atoms. The van der Waals surface area contributed by atoms with Crippen molar-refractivity contribution in [2.24, 2.45) is 0 Å². The molecule has 1 aromatic carbocycles. The van der Waals surface area contributed by atoms with Crippen LogP contribution in [0, 0.1) is 0 Å². The molecule has 8 heteroatoms. The summed E-state index contributed by atoms with van der Waals surface area (Å²) in [6, 6.07) is 6.12. The fraction of sp³-hybridized carbons (Fsp3) is 0.231. The second-order valence-corrected chi connectivity index (χ2v) is 4.79. The van der Waals surface area contributed by atoms with Gasteiger partial charge in [-0.3, -0.25) is 9.59 Å². The third-order valence-corrected chi connectivity index (χ3v) is 3.19. The molecule has 7 nitrogen and oxygen atoms in total. The van der Waals surface area contributed by atoms with Crippen molar-refractivity contribution in [3.05, 3.63) is 41.2 Å². The highest BCUT2D eigenvalue weighted by Crippen LogP contribution is 2.22. The number of carboxylic acids is 1. The summed E-state index contributed by atoms with van der Waals surface area (Å²) < 4.78 is 1.28. The number of halogens is 1. The Morgan fingerprint density at radius 2 is 2.14 bits per heavy atom. The summed E-state index contributed by atoms with van der Waals surface area (Å²) in [6.07, 6.45) is 1.07. The number of carboxylic acid groups (broad SMARTS) is 1. The number of aromatic nitrogens is 3. The first-order chi connectivity index (χ1) is 9.99. The molecule has 0 aliphatic rings. The number of amides is 1. The van der Waals surface area contributed by atoms with Crippen molar-refractivity contribution < 1.29 is 14.7 Å². The van der Waals surface area contributed by atoms with Crippen molar-refractivity contribution in [1.29, 1.82) is 0 Å². The van der Waals surface area contributed by atoms with Gasteiger partial charge in [-0.05, 0) is 19.1 Å². The Bertz CT molecular complexity index is 671.